The summed E-state index contributed by atoms with van der Waals surface area (Å²) >= 11 is 0. The van der Waals surface area contributed by atoms with Gasteiger partial charge in [-0.1, -0.05) is 0 Å². The molecule has 2 aromatic heterocycles. The summed E-state index contributed by atoms with van der Waals surface area (Å²) in [5.74, 6) is -1.52. The topological polar surface area (TPSA) is 99.2 Å². The Balaban J connectivity index is 1.83. The van der Waals surface area contributed by atoms with E-state index in [4.69, 9.17) is 10.5 Å². The van der Waals surface area contributed by atoms with E-state index >= 15 is 0 Å². The first-order chi connectivity index (χ1) is 15.6. The van der Waals surface area contributed by atoms with Crippen molar-refractivity contribution in [1.82, 2.24) is 19.7 Å². The molecule has 0 bridgehead atoms. The Kier molecular flexibility index (Phi) is 5.36. The summed E-state index contributed by atoms with van der Waals surface area (Å²) < 4.78 is 60.3. The SMILES string of the molecule is COc1cc(-n2ncc3ncnc(N)c32)ccc1N(C(C)=O)c1ccc(C(F)(F)F)cc1F. The second kappa shape index (κ2) is 8.04. The van der Waals surface area contributed by atoms with Crippen LogP contribution in [0.3, 0.4) is 0 Å². The summed E-state index contributed by atoms with van der Waals surface area (Å²) in [6.07, 6.45) is -1.93. The number of hydrogen-bond donors (Lipinski definition) is 1. The van der Waals surface area contributed by atoms with E-state index in [1.54, 1.807) is 6.07 Å². The molecule has 0 aliphatic heterocycles. The second-order valence-corrected chi connectivity index (χ2v) is 6.92. The third kappa shape index (κ3) is 3.90. The first-order valence-electron chi connectivity index (χ1n) is 9.42. The molecule has 2 aromatic carbocycles. The predicted octanol–water partition coefficient (Wildman–Crippen LogP) is 4.25. The van der Waals surface area contributed by atoms with Crippen molar-refractivity contribution >= 4 is 34.1 Å². The van der Waals surface area contributed by atoms with Crippen molar-refractivity contribution in [3.8, 4) is 11.4 Å². The van der Waals surface area contributed by atoms with Gasteiger partial charge in [-0.15, -0.1) is 0 Å². The van der Waals surface area contributed by atoms with Gasteiger partial charge in [-0.3, -0.25) is 9.69 Å². The lowest BCUT2D eigenvalue weighted by Crippen LogP contribution is -2.24. The molecule has 0 radical (unpaired) electrons. The third-order valence-corrected chi connectivity index (χ3v) is 4.87. The summed E-state index contributed by atoms with van der Waals surface area (Å²) in [5, 5.41) is 4.25. The summed E-state index contributed by atoms with van der Waals surface area (Å²) in [4.78, 5) is 21.4. The van der Waals surface area contributed by atoms with E-state index in [2.05, 4.69) is 15.1 Å². The van der Waals surface area contributed by atoms with E-state index in [0.29, 0.717) is 28.9 Å². The third-order valence-electron chi connectivity index (χ3n) is 4.87. The monoisotopic (exact) mass is 460 g/mol. The molecule has 0 unspecified atom stereocenters. The Hall–Kier alpha value is -4.22. The number of fused-ring (bicyclic) bond motifs is 1. The van der Waals surface area contributed by atoms with E-state index in [1.165, 1.54) is 36.4 Å². The normalized spacial score (nSPS) is 11.6. The van der Waals surface area contributed by atoms with Crippen LogP contribution in [-0.4, -0.2) is 32.8 Å². The zero-order chi connectivity index (χ0) is 23.9. The standard InChI is InChI=1S/C21H16F4N6O2/c1-11(32)30(16-5-3-12(7-14(16)22)21(23,24)25)17-6-4-13(8-18(17)33-2)31-19-15(9-29-31)27-10-28-20(19)26/h3-10H,1-2H3,(H2,26,27,28). The van der Waals surface area contributed by atoms with Crippen LogP contribution < -0.4 is 15.4 Å². The highest BCUT2D eigenvalue weighted by Gasteiger charge is 2.32. The Morgan fingerprint density at radius 1 is 1.12 bits per heavy atom. The fourth-order valence-electron chi connectivity index (χ4n) is 3.40. The van der Waals surface area contributed by atoms with Gasteiger partial charge in [-0.2, -0.15) is 18.3 Å². The van der Waals surface area contributed by atoms with Crippen molar-refractivity contribution in [2.45, 2.75) is 13.1 Å². The fraction of sp³-hybridized carbons (Fsp3) is 0.143. The summed E-state index contributed by atoms with van der Waals surface area (Å²) in [6, 6.07) is 6.48. The maximum absolute atomic E-state index is 14.7. The quantitative estimate of drug-likeness (QED) is 0.457. The molecule has 0 aliphatic rings. The van der Waals surface area contributed by atoms with Crippen molar-refractivity contribution < 1.29 is 27.1 Å². The molecule has 4 rings (SSSR count). The minimum absolute atomic E-state index is 0.119. The van der Waals surface area contributed by atoms with Gasteiger partial charge in [0.2, 0.25) is 5.91 Å². The van der Waals surface area contributed by atoms with Gasteiger partial charge in [0, 0.05) is 13.0 Å². The minimum atomic E-state index is -4.72. The number of ether oxygens (including phenoxy) is 1. The number of carbonyl (C=O) groups excluding carboxylic acids is 1. The molecule has 1 amide bonds. The average molecular weight is 460 g/mol. The largest absolute Gasteiger partial charge is 0.494 e. The van der Waals surface area contributed by atoms with Crippen LogP contribution in [0.25, 0.3) is 16.7 Å². The van der Waals surface area contributed by atoms with Crippen molar-refractivity contribution in [2.24, 2.45) is 0 Å². The Bertz CT molecular complexity index is 1370. The van der Waals surface area contributed by atoms with Gasteiger partial charge in [0.25, 0.3) is 0 Å². The average Bonchev–Trinajstić information content (AvgIpc) is 3.20. The van der Waals surface area contributed by atoms with E-state index in [9.17, 15) is 22.4 Å². The number of nitrogen functional groups attached to an aromatic ring is 1. The number of aromatic nitrogens is 4. The molecule has 33 heavy (non-hydrogen) atoms. The van der Waals surface area contributed by atoms with Crippen LogP contribution in [0.2, 0.25) is 0 Å². The zero-order valence-corrected chi connectivity index (χ0v) is 17.3. The molecule has 0 spiro atoms. The molecule has 8 nitrogen and oxygen atoms in total. The minimum Gasteiger partial charge on any atom is -0.494 e. The number of hydrogen-bond acceptors (Lipinski definition) is 6. The zero-order valence-electron chi connectivity index (χ0n) is 17.3. The van der Waals surface area contributed by atoms with E-state index < -0.39 is 23.5 Å². The molecule has 0 fully saturated rings. The molecule has 0 saturated heterocycles. The van der Waals surface area contributed by atoms with E-state index in [0.717, 1.165) is 17.9 Å². The lowest BCUT2D eigenvalue weighted by atomic mass is 10.1. The van der Waals surface area contributed by atoms with Crippen LogP contribution in [0.1, 0.15) is 12.5 Å². The van der Waals surface area contributed by atoms with Crippen LogP contribution in [-0.2, 0) is 11.0 Å². The highest BCUT2D eigenvalue weighted by Crippen LogP contribution is 2.39. The van der Waals surface area contributed by atoms with Crippen molar-refractivity contribution in [1.29, 1.82) is 0 Å². The lowest BCUT2D eigenvalue weighted by molar-refractivity contribution is -0.137. The molecule has 170 valence electrons. The number of benzene rings is 2. The van der Waals surface area contributed by atoms with Crippen molar-refractivity contribution in [3.63, 3.8) is 0 Å². The first kappa shape index (κ1) is 22.0. The number of methoxy groups -OCH3 is 1. The molecule has 0 saturated carbocycles. The summed E-state index contributed by atoms with van der Waals surface area (Å²) in [5.41, 5.74) is 5.97. The van der Waals surface area contributed by atoms with Gasteiger partial charge < -0.3 is 10.5 Å². The van der Waals surface area contributed by atoms with E-state index in [1.807, 2.05) is 0 Å². The summed E-state index contributed by atoms with van der Waals surface area (Å²) in [7, 11) is 1.34. The number of halogens is 4. The lowest BCUT2D eigenvalue weighted by Gasteiger charge is -2.25. The fourth-order valence-corrected chi connectivity index (χ4v) is 3.40. The molecular weight excluding hydrogens is 444 g/mol. The molecule has 0 atom stereocenters. The molecule has 12 heteroatoms. The first-order valence-corrected chi connectivity index (χ1v) is 9.42. The second-order valence-electron chi connectivity index (χ2n) is 6.92. The van der Waals surface area contributed by atoms with Gasteiger partial charge in [-0.25, -0.2) is 19.0 Å². The highest BCUT2D eigenvalue weighted by atomic mass is 19.4. The molecule has 2 heterocycles. The Morgan fingerprint density at radius 2 is 1.85 bits per heavy atom. The molecule has 4 aromatic rings. The maximum atomic E-state index is 14.7. The Labute approximate surface area is 184 Å². The smallest absolute Gasteiger partial charge is 0.416 e. The number of rotatable bonds is 4. The van der Waals surface area contributed by atoms with Gasteiger partial charge in [0.1, 0.15) is 28.9 Å². The van der Waals surface area contributed by atoms with Gasteiger partial charge in [-0.05, 0) is 30.3 Å². The van der Waals surface area contributed by atoms with Crippen LogP contribution >= 0.6 is 0 Å². The number of alkyl halides is 3. The number of amides is 1. The number of nitrogens with two attached hydrogens (primary N) is 1. The van der Waals surface area contributed by atoms with Gasteiger partial charge in [0.15, 0.2) is 5.82 Å². The summed E-state index contributed by atoms with van der Waals surface area (Å²) in [6.45, 7) is 1.16. The molecular formula is C21H16F4N6O2. The molecule has 0 aliphatic carbocycles. The van der Waals surface area contributed by atoms with Crippen molar-refractivity contribution in [3.05, 3.63) is 60.3 Å². The van der Waals surface area contributed by atoms with E-state index in [-0.39, 0.29) is 22.9 Å². The van der Waals surface area contributed by atoms with Crippen LogP contribution in [0.5, 0.6) is 5.75 Å². The van der Waals surface area contributed by atoms with Crippen LogP contribution in [0.15, 0.2) is 48.9 Å². The van der Waals surface area contributed by atoms with Crippen LogP contribution in [0, 0.1) is 5.82 Å². The van der Waals surface area contributed by atoms with Gasteiger partial charge in [0.05, 0.1) is 35.9 Å². The number of carbonyl (C=O) groups is 1. The highest BCUT2D eigenvalue weighted by molar-refractivity contribution is 6.01. The van der Waals surface area contributed by atoms with Crippen LogP contribution in [0.4, 0.5) is 34.8 Å². The Morgan fingerprint density at radius 3 is 2.48 bits per heavy atom. The number of anilines is 3. The van der Waals surface area contributed by atoms with Crippen molar-refractivity contribution in [2.75, 3.05) is 17.7 Å². The number of nitrogens with zero attached hydrogens (tertiary/aromatic N) is 5. The predicted molar refractivity (Wildman–Crippen MR) is 112 cm³/mol. The van der Waals surface area contributed by atoms with Gasteiger partial charge >= 0.3 is 6.18 Å². The molecule has 2 N–H and O–H groups in total. The maximum Gasteiger partial charge on any atom is 0.416 e.